The van der Waals surface area contributed by atoms with Gasteiger partial charge in [0, 0.05) is 48.1 Å². The number of hydrogen-bond acceptors (Lipinski definition) is 5. The zero-order valence-corrected chi connectivity index (χ0v) is 18.3. The molecule has 1 fully saturated rings. The molecule has 2 aromatic heterocycles. The van der Waals surface area contributed by atoms with Gasteiger partial charge < -0.3 is 10.1 Å². The van der Waals surface area contributed by atoms with Crippen LogP contribution < -0.4 is 10.1 Å². The molecule has 0 aliphatic carbocycles. The summed E-state index contributed by atoms with van der Waals surface area (Å²) in [6, 6.07) is 14.0. The maximum absolute atomic E-state index is 13.0. The molecule has 0 radical (unpaired) electrons. The van der Waals surface area contributed by atoms with E-state index in [4.69, 9.17) is 4.74 Å². The average Bonchev–Trinajstić information content (AvgIpc) is 3.59. The van der Waals surface area contributed by atoms with E-state index in [9.17, 15) is 4.79 Å². The minimum absolute atomic E-state index is 0.253. The van der Waals surface area contributed by atoms with E-state index in [0.717, 1.165) is 53.8 Å². The normalized spacial score (nSPS) is 15.5. The molecule has 0 saturated carbocycles. The van der Waals surface area contributed by atoms with E-state index in [0.29, 0.717) is 18.0 Å². The fourth-order valence-corrected chi connectivity index (χ4v) is 4.73. The quantitative estimate of drug-likeness (QED) is 0.481. The van der Waals surface area contributed by atoms with Crippen LogP contribution in [0.5, 0.6) is 5.75 Å². The molecule has 4 heterocycles. The fourth-order valence-electron chi connectivity index (χ4n) is 4.73. The monoisotopic (exact) mass is 439 g/mol. The Labute approximate surface area is 191 Å². The summed E-state index contributed by atoms with van der Waals surface area (Å²) in [4.78, 5) is 20.0. The molecular weight excluding hydrogens is 414 g/mol. The van der Waals surface area contributed by atoms with Gasteiger partial charge in [-0.1, -0.05) is 12.1 Å². The van der Waals surface area contributed by atoms with Gasteiger partial charge in [0.05, 0.1) is 12.1 Å². The Kier molecular flexibility index (Phi) is 5.03. The van der Waals surface area contributed by atoms with Crippen molar-refractivity contribution in [3.05, 3.63) is 71.7 Å². The summed E-state index contributed by atoms with van der Waals surface area (Å²) in [5, 5.41) is 11.0. The van der Waals surface area contributed by atoms with Gasteiger partial charge in [0.15, 0.2) is 5.69 Å². The topological polar surface area (TPSA) is 83.1 Å². The Morgan fingerprint density at radius 3 is 2.88 bits per heavy atom. The van der Waals surface area contributed by atoms with Crippen LogP contribution in [0.3, 0.4) is 0 Å². The van der Waals surface area contributed by atoms with Crippen molar-refractivity contribution in [3.8, 4) is 16.9 Å². The molecule has 1 amide bonds. The predicted octanol–water partition coefficient (Wildman–Crippen LogP) is 4.41. The number of carbonyl (C=O) groups is 1. The molecule has 0 bridgehead atoms. The predicted molar refractivity (Wildman–Crippen MR) is 127 cm³/mol. The van der Waals surface area contributed by atoms with Gasteiger partial charge in [0.2, 0.25) is 0 Å². The lowest BCUT2D eigenvalue weighted by molar-refractivity contribution is 0.102. The van der Waals surface area contributed by atoms with E-state index in [1.165, 1.54) is 24.0 Å². The first-order chi connectivity index (χ1) is 16.2. The Morgan fingerprint density at radius 2 is 1.97 bits per heavy atom. The number of benzene rings is 2. The lowest BCUT2D eigenvalue weighted by atomic mass is 10.0. The van der Waals surface area contributed by atoms with Gasteiger partial charge in [0.25, 0.3) is 5.91 Å². The highest BCUT2D eigenvalue weighted by molar-refractivity contribution is 6.11. The summed E-state index contributed by atoms with van der Waals surface area (Å²) in [6.07, 6.45) is 7.27. The largest absolute Gasteiger partial charge is 0.493 e. The third-order valence-electron chi connectivity index (χ3n) is 6.46. The third-order valence-corrected chi connectivity index (χ3v) is 6.46. The van der Waals surface area contributed by atoms with Gasteiger partial charge in [-0.25, -0.2) is 0 Å². The molecular formula is C26H25N5O2. The number of aromatic amines is 1. The van der Waals surface area contributed by atoms with Gasteiger partial charge in [-0.05, 0) is 66.9 Å². The molecule has 2 aromatic carbocycles. The van der Waals surface area contributed by atoms with Crippen LogP contribution in [0, 0.1) is 0 Å². The van der Waals surface area contributed by atoms with Gasteiger partial charge in [-0.2, -0.15) is 5.10 Å². The van der Waals surface area contributed by atoms with Crippen LogP contribution >= 0.6 is 0 Å². The van der Waals surface area contributed by atoms with Gasteiger partial charge in [-0.15, -0.1) is 0 Å². The Hall–Kier alpha value is -3.71. The highest BCUT2D eigenvalue weighted by atomic mass is 16.5. The summed E-state index contributed by atoms with van der Waals surface area (Å²) in [6.45, 7) is 3.92. The summed E-state index contributed by atoms with van der Waals surface area (Å²) < 4.78 is 5.62. The fraction of sp³-hybridized carbons (Fsp3) is 0.269. The second-order valence-electron chi connectivity index (χ2n) is 8.77. The molecule has 2 aliphatic rings. The average molecular weight is 440 g/mol. The van der Waals surface area contributed by atoms with Gasteiger partial charge in [-0.3, -0.25) is 19.8 Å². The number of rotatable bonds is 5. The molecule has 4 aromatic rings. The Morgan fingerprint density at radius 1 is 1.06 bits per heavy atom. The van der Waals surface area contributed by atoms with E-state index in [1.807, 2.05) is 48.8 Å². The van der Waals surface area contributed by atoms with Crippen molar-refractivity contribution in [2.24, 2.45) is 0 Å². The zero-order chi connectivity index (χ0) is 22.2. The number of carbonyl (C=O) groups excluding carboxylic acids is 1. The number of nitrogens with zero attached hydrogens (tertiary/aromatic N) is 3. The van der Waals surface area contributed by atoms with Crippen LogP contribution in [0.25, 0.3) is 22.0 Å². The summed E-state index contributed by atoms with van der Waals surface area (Å²) in [5.41, 5.74) is 6.32. The number of H-pyrrole nitrogens is 1. The molecule has 166 valence electrons. The highest BCUT2D eigenvalue weighted by Crippen LogP contribution is 2.30. The lowest BCUT2D eigenvalue weighted by Crippen LogP contribution is -2.18. The minimum Gasteiger partial charge on any atom is -0.493 e. The molecule has 2 N–H and O–H groups in total. The Balaban J connectivity index is 1.27. The standard InChI is InChI=1S/C26H25N5O2/c32-26(28-21-5-3-18-7-10-33-24(18)13-21)25-22-12-19(4-6-23(22)29-30-25)20-11-17(14-27-15-20)16-31-8-1-2-9-31/h3-6,11-15H,1-2,7-10,16H2,(H,28,32)(H,29,30). The number of pyridine rings is 1. The van der Waals surface area contributed by atoms with Crippen molar-refractivity contribution in [1.29, 1.82) is 0 Å². The second-order valence-corrected chi connectivity index (χ2v) is 8.77. The van der Waals surface area contributed by atoms with Crippen molar-refractivity contribution in [3.63, 3.8) is 0 Å². The van der Waals surface area contributed by atoms with Crippen molar-refractivity contribution >= 4 is 22.5 Å². The highest BCUT2D eigenvalue weighted by Gasteiger charge is 2.18. The number of anilines is 1. The van der Waals surface area contributed by atoms with E-state index >= 15 is 0 Å². The van der Waals surface area contributed by atoms with Crippen LogP contribution in [0.1, 0.15) is 34.5 Å². The van der Waals surface area contributed by atoms with Crippen molar-refractivity contribution in [2.75, 3.05) is 25.0 Å². The number of nitrogens with one attached hydrogen (secondary N) is 2. The molecule has 7 nitrogen and oxygen atoms in total. The SMILES string of the molecule is O=C(Nc1ccc2c(c1)OCC2)c1n[nH]c2ccc(-c3cncc(CN4CCCC4)c3)cc12. The van der Waals surface area contributed by atoms with Crippen LogP contribution in [0.15, 0.2) is 54.9 Å². The number of aromatic nitrogens is 3. The Bertz CT molecular complexity index is 1340. The number of ether oxygens (including phenoxy) is 1. The van der Waals surface area contributed by atoms with Crippen LogP contribution in [0.4, 0.5) is 5.69 Å². The zero-order valence-electron chi connectivity index (χ0n) is 18.3. The molecule has 7 heteroatoms. The van der Waals surface area contributed by atoms with Crippen LogP contribution in [0.2, 0.25) is 0 Å². The minimum atomic E-state index is -0.253. The number of likely N-dealkylation sites (tertiary alicyclic amines) is 1. The maximum atomic E-state index is 13.0. The third kappa shape index (κ3) is 3.96. The van der Waals surface area contributed by atoms with Gasteiger partial charge >= 0.3 is 0 Å². The van der Waals surface area contributed by atoms with Crippen LogP contribution in [-0.4, -0.2) is 45.7 Å². The van der Waals surface area contributed by atoms with E-state index < -0.39 is 0 Å². The molecule has 0 spiro atoms. The maximum Gasteiger partial charge on any atom is 0.276 e. The summed E-state index contributed by atoms with van der Waals surface area (Å²) in [7, 11) is 0. The van der Waals surface area contributed by atoms with Crippen LogP contribution in [-0.2, 0) is 13.0 Å². The number of amides is 1. The summed E-state index contributed by atoms with van der Waals surface area (Å²) >= 11 is 0. The molecule has 1 saturated heterocycles. The van der Waals surface area contributed by atoms with Crippen molar-refractivity contribution < 1.29 is 9.53 Å². The first-order valence-corrected chi connectivity index (χ1v) is 11.4. The number of hydrogen-bond donors (Lipinski definition) is 2. The first kappa shape index (κ1) is 19.9. The first-order valence-electron chi connectivity index (χ1n) is 11.4. The van der Waals surface area contributed by atoms with E-state index in [-0.39, 0.29) is 5.91 Å². The summed E-state index contributed by atoms with van der Waals surface area (Å²) in [5.74, 6) is 0.584. The van der Waals surface area contributed by atoms with Crippen molar-refractivity contribution in [2.45, 2.75) is 25.8 Å². The smallest absolute Gasteiger partial charge is 0.276 e. The second kappa shape index (κ2) is 8.33. The molecule has 6 rings (SSSR count). The van der Waals surface area contributed by atoms with Gasteiger partial charge in [0.1, 0.15) is 5.75 Å². The van der Waals surface area contributed by atoms with E-state index in [2.05, 4.69) is 31.5 Å². The lowest BCUT2D eigenvalue weighted by Gasteiger charge is -2.14. The number of fused-ring (bicyclic) bond motifs is 2. The molecule has 33 heavy (non-hydrogen) atoms. The molecule has 2 aliphatic heterocycles. The van der Waals surface area contributed by atoms with E-state index in [1.54, 1.807) is 0 Å². The van der Waals surface area contributed by atoms with Crippen molar-refractivity contribution in [1.82, 2.24) is 20.1 Å². The molecule has 0 unspecified atom stereocenters. The molecule has 0 atom stereocenters.